The van der Waals surface area contributed by atoms with E-state index in [1.807, 2.05) is 0 Å². The van der Waals surface area contributed by atoms with Crippen LogP contribution in [0.4, 0.5) is 4.39 Å². The third-order valence-corrected chi connectivity index (χ3v) is 7.85. The highest BCUT2D eigenvalue weighted by atomic mass is 19.1. The standard InChI is InChI=1S/C32H44FN7O4/c1-2-44-31(43)26(12-7-17-38-32(36)37)39-30(42)27(21-8-4-3-5-9-21)40-29(41)25(23-10-6-11-24(33)19-23)18-20-13-15-22(16-14-20)28(34)35/h6,10-11,13-16,19,21,25-27H,2-5,7-9,12,17-18H2,1H3,(H3,34,35)(H,39,42)(H,40,41)(H4,36,37,38)/t25-,26-,27-/m0/s1. The van der Waals surface area contributed by atoms with E-state index in [-0.39, 0.29) is 37.2 Å². The molecule has 0 heterocycles. The molecule has 2 aromatic rings. The Morgan fingerprint density at radius 1 is 1.00 bits per heavy atom. The predicted octanol–water partition coefficient (Wildman–Crippen LogP) is 2.81. The highest BCUT2D eigenvalue weighted by Crippen LogP contribution is 2.29. The maximum absolute atomic E-state index is 14.3. The van der Waals surface area contributed by atoms with Gasteiger partial charge < -0.3 is 32.2 Å². The van der Waals surface area contributed by atoms with Crippen molar-refractivity contribution in [2.24, 2.45) is 17.4 Å². The number of carbonyl (C=O) groups excluding carboxylic acids is 3. The zero-order valence-electron chi connectivity index (χ0n) is 25.2. The summed E-state index contributed by atoms with van der Waals surface area (Å²) in [7, 11) is 0. The van der Waals surface area contributed by atoms with E-state index in [0.29, 0.717) is 24.1 Å². The van der Waals surface area contributed by atoms with E-state index in [0.717, 1.165) is 37.7 Å². The maximum atomic E-state index is 14.3. The maximum Gasteiger partial charge on any atom is 0.328 e. The summed E-state index contributed by atoms with van der Waals surface area (Å²) >= 11 is 0. The van der Waals surface area contributed by atoms with Crippen LogP contribution in [-0.4, -0.2) is 54.8 Å². The molecule has 0 radical (unpaired) electrons. The molecular weight excluding hydrogens is 565 g/mol. The molecule has 1 aliphatic carbocycles. The molecule has 1 aliphatic rings. The fourth-order valence-corrected chi connectivity index (χ4v) is 5.54. The topological polar surface area (TPSA) is 196 Å². The number of hydrogen-bond donors (Lipinski definition) is 7. The summed E-state index contributed by atoms with van der Waals surface area (Å²) in [5.74, 6) is -3.20. The van der Waals surface area contributed by atoms with E-state index >= 15 is 0 Å². The lowest BCUT2D eigenvalue weighted by molar-refractivity contribution is -0.148. The SMILES string of the molecule is CCOC(=O)[C@H](CCCNC(=N)N)NC(=O)[C@@H](NC(=O)[C@@H](Cc1ccc(C(=N)N)cc1)c1cccc(F)c1)C1CCCCC1. The van der Waals surface area contributed by atoms with Crippen LogP contribution in [0.5, 0.6) is 0 Å². The quantitative estimate of drug-likeness (QED) is 0.0697. The first-order chi connectivity index (χ1) is 21.1. The Morgan fingerprint density at radius 3 is 2.32 bits per heavy atom. The normalized spacial score (nSPS) is 15.3. The average molecular weight is 610 g/mol. The minimum atomic E-state index is -0.946. The first-order valence-electron chi connectivity index (χ1n) is 15.1. The number of nitrogens with one attached hydrogen (secondary N) is 5. The van der Waals surface area contributed by atoms with Crippen LogP contribution in [0.2, 0.25) is 0 Å². The second-order valence-electron chi connectivity index (χ2n) is 11.1. The van der Waals surface area contributed by atoms with Crippen molar-refractivity contribution >= 4 is 29.6 Å². The number of guanidine groups is 1. The number of nitrogens with two attached hydrogens (primary N) is 2. The van der Waals surface area contributed by atoms with E-state index in [1.165, 1.54) is 12.1 Å². The van der Waals surface area contributed by atoms with Crippen LogP contribution < -0.4 is 27.4 Å². The molecule has 1 fully saturated rings. The third kappa shape index (κ3) is 10.4. The largest absolute Gasteiger partial charge is 0.464 e. The zero-order valence-corrected chi connectivity index (χ0v) is 25.2. The second kappa shape index (κ2) is 17.0. The number of halogens is 1. The van der Waals surface area contributed by atoms with Gasteiger partial charge in [-0.05, 0) is 68.2 Å². The summed E-state index contributed by atoms with van der Waals surface area (Å²) in [6.07, 6.45) is 5.25. The lowest BCUT2D eigenvalue weighted by Gasteiger charge is -2.32. The van der Waals surface area contributed by atoms with Gasteiger partial charge in [-0.1, -0.05) is 55.7 Å². The molecule has 11 nitrogen and oxygen atoms in total. The molecule has 2 amide bonds. The molecule has 0 saturated heterocycles. The minimum absolute atomic E-state index is 0.0754. The van der Waals surface area contributed by atoms with Gasteiger partial charge in [-0.25, -0.2) is 9.18 Å². The molecule has 2 aromatic carbocycles. The number of esters is 1. The molecule has 9 N–H and O–H groups in total. The summed E-state index contributed by atoms with van der Waals surface area (Å²) in [5, 5.41) is 23.4. The number of rotatable bonds is 15. The molecule has 12 heteroatoms. The predicted molar refractivity (Wildman–Crippen MR) is 167 cm³/mol. The summed E-state index contributed by atoms with van der Waals surface area (Å²) in [4.78, 5) is 40.6. The number of hydrogen-bond acceptors (Lipinski definition) is 6. The Bertz CT molecular complexity index is 1300. The molecule has 3 rings (SSSR count). The first kappa shape index (κ1) is 34.0. The molecule has 0 unspecified atom stereocenters. The van der Waals surface area contributed by atoms with Crippen LogP contribution in [0, 0.1) is 22.6 Å². The van der Waals surface area contributed by atoms with Crippen molar-refractivity contribution in [2.45, 2.75) is 76.3 Å². The molecule has 0 bridgehead atoms. The van der Waals surface area contributed by atoms with Crippen LogP contribution in [0.1, 0.15) is 74.5 Å². The number of amides is 2. The van der Waals surface area contributed by atoms with Crippen LogP contribution in [0.3, 0.4) is 0 Å². The van der Waals surface area contributed by atoms with Crippen molar-refractivity contribution < 1.29 is 23.5 Å². The van der Waals surface area contributed by atoms with Crippen molar-refractivity contribution in [1.82, 2.24) is 16.0 Å². The lowest BCUT2D eigenvalue weighted by atomic mass is 9.82. The Hall–Kier alpha value is -4.48. The number of benzene rings is 2. The fraction of sp³-hybridized carbons (Fsp3) is 0.469. The van der Waals surface area contributed by atoms with Gasteiger partial charge in [-0.3, -0.25) is 20.4 Å². The molecule has 44 heavy (non-hydrogen) atoms. The fourth-order valence-electron chi connectivity index (χ4n) is 5.54. The molecule has 3 atom stereocenters. The molecule has 238 valence electrons. The lowest BCUT2D eigenvalue weighted by Crippen LogP contribution is -2.56. The van der Waals surface area contributed by atoms with Crippen molar-refractivity contribution in [3.8, 4) is 0 Å². The monoisotopic (exact) mass is 609 g/mol. The van der Waals surface area contributed by atoms with Gasteiger partial charge in [0, 0.05) is 12.1 Å². The Labute approximate surface area is 257 Å². The van der Waals surface area contributed by atoms with Gasteiger partial charge in [0.15, 0.2) is 5.96 Å². The number of nitrogen functional groups attached to an aromatic ring is 1. The highest BCUT2D eigenvalue weighted by molar-refractivity contribution is 5.95. The minimum Gasteiger partial charge on any atom is -0.464 e. The number of amidine groups is 1. The van der Waals surface area contributed by atoms with Gasteiger partial charge >= 0.3 is 5.97 Å². The van der Waals surface area contributed by atoms with E-state index in [4.69, 9.17) is 27.0 Å². The smallest absolute Gasteiger partial charge is 0.328 e. The van der Waals surface area contributed by atoms with E-state index in [1.54, 1.807) is 43.3 Å². The van der Waals surface area contributed by atoms with Crippen LogP contribution in [0.25, 0.3) is 0 Å². The summed E-state index contributed by atoms with van der Waals surface area (Å²) in [5.41, 5.74) is 12.7. The van der Waals surface area contributed by atoms with Gasteiger partial charge in [-0.2, -0.15) is 0 Å². The van der Waals surface area contributed by atoms with E-state index < -0.39 is 41.6 Å². The van der Waals surface area contributed by atoms with Gasteiger partial charge in [-0.15, -0.1) is 0 Å². The van der Waals surface area contributed by atoms with E-state index in [2.05, 4.69) is 16.0 Å². The average Bonchev–Trinajstić information content (AvgIpc) is 3.00. The Balaban J connectivity index is 1.86. The van der Waals surface area contributed by atoms with Crippen LogP contribution in [-0.2, 0) is 25.5 Å². The van der Waals surface area contributed by atoms with Gasteiger partial charge in [0.2, 0.25) is 11.8 Å². The Morgan fingerprint density at radius 2 is 1.70 bits per heavy atom. The van der Waals surface area contributed by atoms with Gasteiger partial charge in [0.1, 0.15) is 23.7 Å². The van der Waals surface area contributed by atoms with Gasteiger partial charge in [0.25, 0.3) is 0 Å². The first-order valence-corrected chi connectivity index (χ1v) is 15.1. The second-order valence-corrected chi connectivity index (χ2v) is 11.1. The summed E-state index contributed by atoms with van der Waals surface area (Å²) < 4.78 is 19.5. The summed E-state index contributed by atoms with van der Waals surface area (Å²) in [6.45, 7) is 2.16. The Kier molecular flexibility index (Phi) is 13.1. The number of carbonyl (C=O) groups is 3. The summed E-state index contributed by atoms with van der Waals surface area (Å²) in [6, 6.07) is 10.9. The van der Waals surface area contributed by atoms with Crippen LogP contribution in [0.15, 0.2) is 48.5 Å². The van der Waals surface area contributed by atoms with Gasteiger partial charge in [0.05, 0.1) is 12.5 Å². The molecule has 0 aromatic heterocycles. The number of ether oxygens (including phenoxy) is 1. The van der Waals surface area contributed by atoms with Crippen molar-refractivity contribution in [3.05, 3.63) is 71.0 Å². The molecule has 0 spiro atoms. The third-order valence-electron chi connectivity index (χ3n) is 7.85. The molecule has 0 aliphatic heterocycles. The van der Waals surface area contributed by atoms with Crippen LogP contribution >= 0.6 is 0 Å². The van der Waals surface area contributed by atoms with Crippen molar-refractivity contribution in [2.75, 3.05) is 13.2 Å². The highest BCUT2D eigenvalue weighted by Gasteiger charge is 2.35. The molecule has 1 saturated carbocycles. The van der Waals surface area contributed by atoms with E-state index in [9.17, 15) is 18.8 Å². The van der Waals surface area contributed by atoms with Crippen molar-refractivity contribution in [1.29, 1.82) is 10.8 Å². The zero-order chi connectivity index (χ0) is 32.1. The molecular formula is C32H44FN7O4. The van der Waals surface area contributed by atoms with Crippen molar-refractivity contribution in [3.63, 3.8) is 0 Å².